The number of rotatable bonds is 3. The summed E-state index contributed by atoms with van der Waals surface area (Å²) in [6.07, 6.45) is -0.000444. The minimum atomic E-state index is -0.735. The molecule has 1 aliphatic rings. The van der Waals surface area contributed by atoms with E-state index in [1.165, 1.54) is 6.07 Å². The van der Waals surface area contributed by atoms with Gasteiger partial charge >= 0.3 is 0 Å². The van der Waals surface area contributed by atoms with Crippen LogP contribution in [-0.4, -0.2) is 17.9 Å². The highest BCUT2D eigenvalue weighted by atomic mass is 35.5. The Morgan fingerprint density at radius 3 is 2.65 bits per heavy atom. The molecule has 1 aliphatic heterocycles. The van der Waals surface area contributed by atoms with E-state index in [1.807, 2.05) is 0 Å². The molecular formula is C17H14ClFN2O2. The average Bonchev–Trinajstić information content (AvgIpc) is 2.78. The third-order valence-corrected chi connectivity index (χ3v) is 4.07. The van der Waals surface area contributed by atoms with Crippen molar-refractivity contribution in [3.8, 4) is 0 Å². The topological polar surface area (TPSA) is 49.4 Å². The summed E-state index contributed by atoms with van der Waals surface area (Å²) in [5.41, 5.74) is 1.34. The number of anilines is 2. The van der Waals surface area contributed by atoms with E-state index in [1.54, 1.807) is 43.3 Å². The SMILES string of the molecule is Cc1ccc(N[C@@H]2CC(=O)N(c3ccccc3Cl)C2=O)cc1F. The number of hydrogen-bond acceptors (Lipinski definition) is 3. The van der Waals surface area contributed by atoms with E-state index >= 15 is 0 Å². The molecule has 1 atom stereocenters. The number of hydrogen-bond donors (Lipinski definition) is 1. The number of carbonyl (C=O) groups excluding carboxylic acids is 2. The number of carbonyl (C=O) groups is 2. The van der Waals surface area contributed by atoms with Crippen molar-refractivity contribution in [3.63, 3.8) is 0 Å². The van der Waals surface area contributed by atoms with Crippen molar-refractivity contribution in [3.05, 3.63) is 58.9 Å². The van der Waals surface area contributed by atoms with E-state index in [9.17, 15) is 14.0 Å². The van der Waals surface area contributed by atoms with Crippen molar-refractivity contribution in [2.45, 2.75) is 19.4 Å². The average molecular weight is 333 g/mol. The van der Waals surface area contributed by atoms with Crippen LogP contribution in [0.25, 0.3) is 0 Å². The predicted molar refractivity (Wildman–Crippen MR) is 87.1 cm³/mol. The first kappa shape index (κ1) is 15.5. The Kier molecular flexibility index (Phi) is 4.05. The molecule has 0 spiro atoms. The van der Waals surface area contributed by atoms with Crippen LogP contribution in [0.3, 0.4) is 0 Å². The van der Waals surface area contributed by atoms with Gasteiger partial charge in [-0.3, -0.25) is 9.59 Å². The molecule has 23 heavy (non-hydrogen) atoms. The van der Waals surface area contributed by atoms with Gasteiger partial charge in [0.15, 0.2) is 0 Å². The summed E-state index contributed by atoms with van der Waals surface area (Å²) in [6, 6.07) is 10.5. The summed E-state index contributed by atoms with van der Waals surface area (Å²) < 4.78 is 13.6. The molecule has 0 aliphatic carbocycles. The number of imide groups is 1. The Balaban J connectivity index is 1.84. The highest BCUT2D eigenvalue weighted by Crippen LogP contribution is 2.30. The van der Waals surface area contributed by atoms with Crippen molar-refractivity contribution in [2.24, 2.45) is 0 Å². The van der Waals surface area contributed by atoms with Crippen LogP contribution >= 0.6 is 11.6 Å². The molecule has 2 aromatic rings. The van der Waals surface area contributed by atoms with Crippen LogP contribution in [0.15, 0.2) is 42.5 Å². The molecule has 2 aromatic carbocycles. The highest BCUT2D eigenvalue weighted by molar-refractivity contribution is 6.36. The molecule has 4 nitrogen and oxygen atoms in total. The summed E-state index contributed by atoms with van der Waals surface area (Å²) in [6.45, 7) is 1.66. The van der Waals surface area contributed by atoms with Crippen molar-refractivity contribution in [1.29, 1.82) is 0 Å². The van der Waals surface area contributed by atoms with Gasteiger partial charge in [0.2, 0.25) is 5.91 Å². The Hall–Kier alpha value is -2.40. The summed E-state index contributed by atoms with van der Waals surface area (Å²) in [7, 11) is 0. The number of aryl methyl sites for hydroxylation is 1. The smallest absolute Gasteiger partial charge is 0.256 e. The van der Waals surface area contributed by atoms with E-state index in [-0.39, 0.29) is 18.1 Å². The lowest BCUT2D eigenvalue weighted by Crippen LogP contribution is -2.35. The zero-order valence-corrected chi connectivity index (χ0v) is 13.1. The highest BCUT2D eigenvalue weighted by Gasteiger charge is 2.40. The molecule has 3 rings (SSSR count). The normalized spacial score (nSPS) is 17.7. The molecule has 0 bridgehead atoms. The first-order valence-electron chi connectivity index (χ1n) is 7.11. The molecule has 0 radical (unpaired) electrons. The van der Waals surface area contributed by atoms with E-state index < -0.39 is 11.9 Å². The molecule has 6 heteroatoms. The summed E-state index contributed by atoms with van der Waals surface area (Å²) in [5.74, 6) is -1.10. The van der Waals surface area contributed by atoms with Crippen LogP contribution in [0.5, 0.6) is 0 Å². The third-order valence-electron chi connectivity index (χ3n) is 3.75. The van der Waals surface area contributed by atoms with Gasteiger partial charge in [-0.15, -0.1) is 0 Å². The Morgan fingerprint density at radius 1 is 1.22 bits per heavy atom. The lowest BCUT2D eigenvalue weighted by Gasteiger charge is -2.17. The number of amides is 2. The lowest BCUT2D eigenvalue weighted by molar-refractivity contribution is -0.121. The monoisotopic (exact) mass is 332 g/mol. The second kappa shape index (κ2) is 6.01. The van der Waals surface area contributed by atoms with Crippen LogP contribution in [0, 0.1) is 12.7 Å². The Bertz CT molecular complexity index is 794. The number of halogens is 2. The summed E-state index contributed by atoms with van der Waals surface area (Å²) >= 11 is 6.06. The summed E-state index contributed by atoms with van der Waals surface area (Å²) in [5, 5.41) is 3.24. The van der Waals surface area contributed by atoms with Gasteiger partial charge in [-0.1, -0.05) is 29.8 Å². The zero-order chi connectivity index (χ0) is 16.6. The fourth-order valence-electron chi connectivity index (χ4n) is 2.51. The molecule has 0 aromatic heterocycles. The van der Waals surface area contributed by atoms with Crippen LogP contribution in [0.2, 0.25) is 5.02 Å². The molecule has 1 saturated heterocycles. The van der Waals surface area contributed by atoms with Crippen molar-refractivity contribution < 1.29 is 14.0 Å². The standard InChI is InChI=1S/C17H14ClFN2O2/c1-10-6-7-11(8-13(10)19)20-14-9-16(22)21(17(14)23)15-5-3-2-4-12(15)18/h2-8,14,20H,9H2,1H3/t14-/m1/s1. The van der Waals surface area contributed by atoms with Gasteiger partial charge in [0, 0.05) is 5.69 Å². The minimum Gasteiger partial charge on any atom is -0.373 e. The largest absolute Gasteiger partial charge is 0.373 e. The van der Waals surface area contributed by atoms with Gasteiger partial charge in [-0.2, -0.15) is 0 Å². The van der Waals surface area contributed by atoms with Crippen LogP contribution in [0.1, 0.15) is 12.0 Å². The first-order chi connectivity index (χ1) is 11.0. The van der Waals surface area contributed by atoms with E-state index in [0.717, 1.165) is 4.90 Å². The van der Waals surface area contributed by atoms with Crippen molar-refractivity contribution >= 4 is 34.8 Å². The second-order valence-corrected chi connectivity index (χ2v) is 5.79. The molecule has 1 N–H and O–H groups in total. The molecule has 1 fully saturated rings. The predicted octanol–water partition coefficient (Wildman–Crippen LogP) is 3.53. The number of para-hydroxylation sites is 1. The van der Waals surface area contributed by atoms with Gasteiger partial charge in [0.05, 0.1) is 17.1 Å². The fourth-order valence-corrected chi connectivity index (χ4v) is 2.73. The molecule has 118 valence electrons. The van der Waals surface area contributed by atoms with Crippen LogP contribution in [0.4, 0.5) is 15.8 Å². The summed E-state index contributed by atoms with van der Waals surface area (Å²) in [4.78, 5) is 25.8. The molecule has 2 amide bonds. The molecule has 0 saturated carbocycles. The number of nitrogens with one attached hydrogen (secondary N) is 1. The van der Waals surface area contributed by atoms with E-state index in [0.29, 0.717) is 22.0 Å². The maximum absolute atomic E-state index is 13.6. The van der Waals surface area contributed by atoms with Gasteiger partial charge in [-0.25, -0.2) is 9.29 Å². The fraction of sp³-hybridized carbons (Fsp3) is 0.176. The number of benzene rings is 2. The number of nitrogens with zero attached hydrogens (tertiary/aromatic N) is 1. The maximum atomic E-state index is 13.6. The first-order valence-corrected chi connectivity index (χ1v) is 7.49. The van der Waals surface area contributed by atoms with Gasteiger partial charge in [0.1, 0.15) is 11.9 Å². The Morgan fingerprint density at radius 2 is 1.96 bits per heavy atom. The van der Waals surface area contributed by atoms with Crippen LogP contribution in [-0.2, 0) is 9.59 Å². The van der Waals surface area contributed by atoms with Crippen LogP contribution < -0.4 is 10.2 Å². The minimum absolute atomic E-state index is 0.000444. The quantitative estimate of drug-likeness (QED) is 0.875. The molecule has 0 unspecified atom stereocenters. The molecular weight excluding hydrogens is 319 g/mol. The second-order valence-electron chi connectivity index (χ2n) is 5.38. The maximum Gasteiger partial charge on any atom is 0.256 e. The van der Waals surface area contributed by atoms with Gasteiger partial charge in [-0.05, 0) is 36.8 Å². The van der Waals surface area contributed by atoms with Gasteiger partial charge in [0.25, 0.3) is 5.91 Å². The van der Waals surface area contributed by atoms with E-state index in [2.05, 4.69) is 5.32 Å². The van der Waals surface area contributed by atoms with Gasteiger partial charge < -0.3 is 5.32 Å². The lowest BCUT2D eigenvalue weighted by atomic mass is 10.2. The zero-order valence-electron chi connectivity index (χ0n) is 12.3. The van der Waals surface area contributed by atoms with Crippen molar-refractivity contribution in [1.82, 2.24) is 0 Å². The Labute approximate surface area is 137 Å². The molecule has 1 heterocycles. The van der Waals surface area contributed by atoms with Crippen molar-refractivity contribution in [2.75, 3.05) is 10.2 Å². The third kappa shape index (κ3) is 2.92. The van der Waals surface area contributed by atoms with E-state index in [4.69, 9.17) is 11.6 Å².